The summed E-state index contributed by atoms with van der Waals surface area (Å²) in [7, 11) is 0. The number of carbonyl (C=O) groups excluding carboxylic acids is 2. The summed E-state index contributed by atoms with van der Waals surface area (Å²) in [5.74, 6) is -1.68. The maximum absolute atomic E-state index is 12.0. The van der Waals surface area contributed by atoms with Gasteiger partial charge in [0.25, 0.3) is 0 Å². The molecule has 0 aliphatic carbocycles. The normalized spacial score (nSPS) is 10.9. The molecule has 0 fully saturated rings. The van der Waals surface area contributed by atoms with Gasteiger partial charge < -0.3 is 5.32 Å². The Morgan fingerprint density at radius 1 is 0.964 bits per heavy atom. The van der Waals surface area contributed by atoms with E-state index in [1.807, 2.05) is 48.5 Å². The largest absolute Gasteiger partial charge is 0.329 e. The zero-order valence-electron chi connectivity index (χ0n) is 15.3. The lowest BCUT2D eigenvalue weighted by Gasteiger charge is -2.07. The van der Waals surface area contributed by atoms with Gasteiger partial charge in [0, 0.05) is 11.3 Å². The second-order valence-corrected chi connectivity index (χ2v) is 6.15. The molecule has 6 heteroatoms. The number of amides is 2. The zero-order chi connectivity index (χ0) is 19.9. The van der Waals surface area contributed by atoms with Crippen LogP contribution >= 0.6 is 0 Å². The van der Waals surface area contributed by atoms with Gasteiger partial charge in [-0.1, -0.05) is 54.6 Å². The predicted molar refractivity (Wildman–Crippen MR) is 109 cm³/mol. The number of carbonyl (C=O) groups is 2. The van der Waals surface area contributed by atoms with Crippen LogP contribution in [0.15, 0.2) is 71.8 Å². The fourth-order valence-corrected chi connectivity index (χ4v) is 2.77. The molecule has 3 rings (SSSR count). The van der Waals surface area contributed by atoms with E-state index >= 15 is 0 Å². The number of nitrogens with zero attached hydrogens (tertiary/aromatic N) is 2. The number of benzene rings is 3. The first-order chi connectivity index (χ1) is 13.6. The molecule has 0 bridgehead atoms. The molecule has 0 saturated heterocycles. The molecule has 6 nitrogen and oxygen atoms in total. The van der Waals surface area contributed by atoms with Gasteiger partial charge in [-0.15, -0.1) is 0 Å². The maximum Gasteiger partial charge on any atom is 0.329 e. The summed E-state index contributed by atoms with van der Waals surface area (Å²) in [6.07, 6.45) is 0.289. The van der Waals surface area contributed by atoms with Gasteiger partial charge >= 0.3 is 11.8 Å². The summed E-state index contributed by atoms with van der Waals surface area (Å²) >= 11 is 0. The number of rotatable bonds is 4. The molecule has 0 atom stereocenters. The highest BCUT2D eigenvalue weighted by Gasteiger charge is 2.13. The third kappa shape index (κ3) is 4.40. The quantitative estimate of drug-likeness (QED) is 0.419. The molecule has 3 aromatic rings. The van der Waals surface area contributed by atoms with Gasteiger partial charge in [-0.3, -0.25) is 9.59 Å². The summed E-state index contributed by atoms with van der Waals surface area (Å²) in [6, 6.07) is 22.5. The predicted octanol–water partition coefficient (Wildman–Crippen LogP) is 3.38. The van der Waals surface area contributed by atoms with Crippen LogP contribution in [0.2, 0.25) is 0 Å². The van der Waals surface area contributed by atoms with Gasteiger partial charge in [-0.25, -0.2) is 5.43 Å². The third-order valence-electron chi connectivity index (χ3n) is 4.21. The lowest BCUT2D eigenvalue weighted by molar-refractivity contribution is -0.136. The average Bonchev–Trinajstić information content (AvgIpc) is 2.73. The number of nitrogens with one attached hydrogen (secondary N) is 2. The van der Waals surface area contributed by atoms with E-state index in [1.165, 1.54) is 0 Å². The lowest BCUT2D eigenvalue weighted by Crippen LogP contribution is -2.32. The van der Waals surface area contributed by atoms with E-state index in [0.717, 1.165) is 21.9 Å². The number of nitriles is 1. The van der Waals surface area contributed by atoms with Gasteiger partial charge in [-0.05, 0) is 35.4 Å². The molecular weight excluding hydrogens is 352 g/mol. The van der Waals surface area contributed by atoms with Crippen molar-refractivity contribution in [3.8, 4) is 6.07 Å². The summed E-state index contributed by atoms with van der Waals surface area (Å²) in [6.45, 7) is 1.77. The van der Waals surface area contributed by atoms with Gasteiger partial charge in [0.1, 0.15) is 0 Å². The molecule has 28 heavy (non-hydrogen) atoms. The number of anilines is 1. The van der Waals surface area contributed by atoms with Crippen molar-refractivity contribution in [3.63, 3.8) is 0 Å². The fraction of sp³-hybridized carbons (Fsp3) is 0.0909. The number of hydrogen-bond donors (Lipinski definition) is 2. The Labute approximate surface area is 162 Å². The minimum atomic E-state index is -0.860. The standard InChI is InChI=1S/C22H18N4O2/c1-15(19-8-4-6-17-5-2-3-7-20(17)19)25-26-22(28)21(27)24-18-11-9-16(10-12-18)13-14-23/h2-12H,13H2,1H3,(H,24,27)(H,26,28)/b25-15+. The highest BCUT2D eigenvalue weighted by atomic mass is 16.2. The molecule has 0 radical (unpaired) electrons. The van der Waals surface area contributed by atoms with Gasteiger partial charge in [-0.2, -0.15) is 10.4 Å². The molecule has 2 amide bonds. The van der Waals surface area contributed by atoms with E-state index in [-0.39, 0.29) is 6.42 Å². The van der Waals surface area contributed by atoms with Crippen LogP contribution in [0.4, 0.5) is 5.69 Å². The Morgan fingerprint density at radius 2 is 1.68 bits per heavy atom. The van der Waals surface area contributed by atoms with Crippen molar-refractivity contribution in [3.05, 3.63) is 77.9 Å². The van der Waals surface area contributed by atoms with Crippen molar-refractivity contribution in [1.82, 2.24) is 5.43 Å². The topological polar surface area (TPSA) is 94.3 Å². The molecule has 2 N–H and O–H groups in total. The number of hydrogen-bond acceptors (Lipinski definition) is 4. The molecule has 3 aromatic carbocycles. The van der Waals surface area contributed by atoms with Crippen LogP contribution in [-0.2, 0) is 16.0 Å². The summed E-state index contributed by atoms with van der Waals surface area (Å²) in [5, 5.41) is 17.3. The van der Waals surface area contributed by atoms with Crippen LogP contribution in [0, 0.1) is 11.3 Å². The van der Waals surface area contributed by atoms with Crippen molar-refractivity contribution < 1.29 is 9.59 Å². The van der Waals surface area contributed by atoms with Gasteiger partial charge in [0.2, 0.25) is 0 Å². The highest BCUT2D eigenvalue weighted by molar-refractivity contribution is 6.39. The minimum Gasteiger partial charge on any atom is -0.318 e. The second-order valence-electron chi connectivity index (χ2n) is 6.15. The molecule has 0 aliphatic heterocycles. The summed E-state index contributed by atoms with van der Waals surface area (Å²) in [5.41, 5.74) is 5.07. The Bertz CT molecular complexity index is 1090. The van der Waals surface area contributed by atoms with Crippen LogP contribution in [0.5, 0.6) is 0 Å². The molecule has 0 unspecified atom stereocenters. The minimum absolute atomic E-state index is 0.289. The molecule has 0 heterocycles. The maximum atomic E-state index is 12.0. The molecular formula is C22H18N4O2. The molecule has 0 saturated carbocycles. The fourth-order valence-electron chi connectivity index (χ4n) is 2.77. The smallest absolute Gasteiger partial charge is 0.318 e. The van der Waals surface area contributed by atoms with Crippen molar-refractivity contribution in [2.45, 2.75) is 13.3 Å². The van der Waals surface area contributed by atoms with E-state index < -0.39 is 11.8 Å². The Hall–Kier alpha value is -3.98. The second kappa shape index (κ2) is 8.60. The van der Waals surface area contributed by atoms with Gasteiger partial charge in [0.05, 0.1) is 18.2 Å². The Morgan fingerprint density at radius 3 is 2.43 bits per heavy atom. The van der Waals surface area contributed by atoms with E-state index in [9.17, 15) is 9.59 Å². The number of fused-ring (bicyclic) bond motifs is 1. The van der Waals surface area contributed by atoms with Crippen molar-refractivity contribution >= 4 is 34.0 Å². The van der Waals surface area contributed by atoms with Crippen molar-refractivity contribution in [1.29, 1.82) is 5.26 Å². The third-order valence-corrected chi connectivity index (χ3v) is 4.21. The number of hydrazone groups is 1. The zero-order valence-corrected chi connectivity index (χ0v) is 15.3. The highest BCUT2D eigenvalue weighted by Crippen LogP contribution is 2.19. The van der Waals surface area contributed by atoms with Crippen LogP contribution < -0.4 is 10.7 Å². The van der Waals surface area contributed by atoms with Crippen molar-refractivity contribution in [2.24, 2.45) is 5.10 Å². The molecule has 0 aliphatic rings. The SMILES string of the molecule is C/C(=N\NC(=O)C(=O)Nc1ccc(CC#N)cc1)c1cccc2ccccc12. The first-order valence-corrected chi connectivity index (χ1v) is 8.68. The van der Waals surface area contributed by atoms with Crippen LogP contribution in [0.3, 0.4) is 0 Å². The average molecular weight is 370 g/mol. The van der Waals surface area contributed by atoms with Crippen LogP contribution in [0.25, 0.3) is 10.8 Å². The van der Waals surface area contributed by atoms with Crippen LogP contribution in [0.1, 0.15) is 18.1 Å². The summed E-state index contributed by atoms with van der Waals surface area (Å²) < 4.78 is 0. The summed E-state index contributed by atoms with van der Waals surface area (Å²) in [4.78, 5) is 24.1. The molecule has 0 aromatic heterocycles. The first kappa shape index (κ1) is 18.8. The lowest BCUT2D eigenvalue weighted by atomic mass is 10.0. The Balaban J connectivity index is 1.66. The van der Waals surface area contributed by atoms with E-state index in [1.54, 1.807) is 31.2 Å². The van der Waals surface area contributed by atoms with E-state index in [2.05, 4.69) is 15.8 Å². The van der Waals surface area contributed by atoms with Crippen LogP contribution in [-0.4, -0.2) is 17.5 Å². The van der Waals surface area contributed by atoms with Crippen molar-refractivity contribution in [2.75, 3.05) is 5.32 Å². The van der Waals surface area contributed by atoms with E-state index in [0.29, 0.717) is 11.4 Å². The molecule has 138 valence electrons. The monoisotopic (exact) mass is 370 g/mol. The van der Waals surface area contributed by atoms with Gasteiger partial charge in [0.15, 0.2) is 0 Å². The Kier molecular flexibility index (Phi) is 5.78. The first-order valence-electron chi connectivity index (χ1n) is 8.68. The van der Waals surface area contributed by atoms with E-state index in [4.69, 9.17) is 5.26 Å². The molecule has 0 spiro atoms.